The Bertz CT molecular complexity index is 155. The van der Waals surface area contributed by atoms with Crippen molar-refractivity contribution in [1.82, 2.24) is 0 Å². The smallest absolute Gasteiger partial charge is 0.223 e. The lowest BCUT2D eigenvalue weighted by molar-refractivity contribution is -0.126. The molecule has 0 aliphatic heterocycles. The van der Waals surface area contributed by atoms with E-state index in [0.29, 0.717) is 5.92 Å². The molecule has 2 N–H and O–H groups in total. The Balaban J connectivity index is 2.63. The molecule has 10 heavy (non-hydrogen) atoms. The SMILES string of the molecule is C[C@@H]1CC[C@@](C)(C(N)=O)C1. The highest BCUT2D eigenvalue weighted by Gasteiger charge is 2.37. The molecular formula is C8H15NO. The predicted molar refractivity (Wildman–Crippen MR) is 40.3 cm³/mol. The van der Waals surface area contributed by atoms with E-state index in [1.54, 1.807) is 0 Å². The summed E-state index contributed by atoms with van der Waals surface area (Å²) >= 11 is 0. The van der Waals surface area contributed by atoms with Gasteiger partial charge in [-0.25, -0.2) is 0 Å². The van der Waals surface area contributed by atoms with Crippen molar-refractivity contribution in [2.45, 2.75) is 33.1 Å². The third-order valence-corrected chi connectivity index (χ3v) is 2.58. The molecule has 0 heterocycles. The molecule has 1 fully saturated rings. The lowest BCUT2D eigenvalue weighted by Crippen LogP contribution is -2.31. The molecule has 1 saturated carbocycles. The van der Waals surface area contributed by atoms with Crippen molar-refractivity contribution in [3.8, 4) is 0 Å². The van der Waals surface area contributed by atoms with Crippen molar-refractivity contribution >= 4 is 5.91 Å². The summed E-state index contributed by atoms with van der Waals surface area (Å²) in [4.78, 5) is 10.9. The van der Waals surface area contributed by atoms with Crippen molar-refractivity contribution in [3.63, 3.8) is 0 Å². The molecule has 2 heteroatoms. The molecule has 58 valence electrons. The fourth-order valence-electron chi connectivity index (χ4n) is 1.76. The molecule has 0 unspecified atom stereocenters. The van der Waals surface area contributed by atoms with Crippen molar-refractivity contribution in [2.75, 3.05) is 0 Å². The van der Waals surface area contributed by atoms with Crippen LogP contribution in [0.4, 0.5) is 0 Å². The van der Waals surface area contributed by atoms with Gasteiger partial charge in [-0.2, -0.15) is 0 Å². The standard InChI is InChI=1S/C8H15NO/c1-6-3-4-8(2,5-6)7(9)10/h6H,3-5H2,1-2H3,(H2,9,10)/t6-,8-/m1/s1. The van der Waals surface area contributed by atoms with E-state index >= 15 is 0 Å². The topological polar surface area (TPSA) is 43.1 Å². The Hall–Kier alpha value is -0.530. The molecule has 0 aromatic rings. The van der Waals surface area contributed by atoms with E-state index in [4.69, 9.17) is 5.73 Å². The summed E-state index contributed by atoms with van der Waals surface area (Å²) in [7, 11) is 0. The minimum absolute atomic E-state index is 0.128. The molecular weight excluding hydrogens is 126 g/mol. The van der Waals surface area contributed by atoms with Gasteiger partial charge >= 0.3 is 0 Å². The first-order chi connectivity index (χ1) is 4.54. The number of amides is 1. The maximum Gasteiger partial charge on any atom is 0.223 e. The molecule has 0 saturated heterocycles. The first-order valence-electron chi connectivity index (χ1n) is 3.84. The highest BCUT2D eigenvalue weighted by Crippen LogP contribution is 2.40. The number of nitrogens with two attached hydrogens (primary N) is 1. The second-order valence-corrected chi connectivity index (χ2v) is 3.77. The van der Waals surface area contributed by atoms with Crippen molar-refractivity contribution in [1.29, 1.82) is 0 Å². The van der Waals surface area contributed by atoms with E-state index in [2.05, 4.69) is 6.92 Å². The molecule has 1 aliphatic carbocycles. The van der Waals surface area contributed by atoms with Crippen LogP contribution in [0.5, 0.6) is 0 Å². The van der Waals surface area contributed by atoms with Gasteiger partial charge in [0.25, 0.3) is 0 Å². The minimum Gasteiger partial charge on any atom is -0.369 e. The lowest BCUT2D eigenvalue weighted by atomic mass is 9.87. The van der Waals surface area contributed by atoms with Crippen LogP contribution in [0.15, 0.2) is 0 Å². The maximum atomic E-state index is 10.9. The zero-order valence-electron chi connectivity index (χ0n) is 6.68. The number of hydrogen-bond acceptors (Lipinski definition) is 1. The predicted octanol–water partition coefficient (Wildman–Crippen LogP) is 1.30. The first-order valence-corrected chi connectivity index (χ1v) is 3.84. The second kappa shape index (κ2) is 2.26. The van der Waals surface area contributed by atoms with E-state index in [1.165, 1.54) is 0 Å². The third kappa shape index (κ3) is 1.15. The van der Waals surface area contributed by atoms with Gasteiger partial charge in [0.15, 0.2) is 0 Å². The Morgan fingerprint density at radius 3 is 2.50 bits per heavy atom. The van der Waals surface area contributed by atoms with Crippen molar-refractivity contribution < 1.29 is 4.79 Å². The molecule has 1 rings (SSSR count). The van der Waals surface area contributed by atoms with Gasteiger partial charge in [0.2, 0.25) is 5.91 Å². The zero-order valence-corrected chi connectivity index (χ0v) is 6.68. The van der Waals surface area contributed by atoms with Gasteiger partial charge in [-0.15, -0.1) is 0 Å². The zero-order chi connectivity index (χ0) is 7.78. The van der Waals surface area contributed by atoms with Crippen molar-refractivity contribution in [2.24, 2.45) is 17.1 Å². The van der Waals surface area contributed by atoms with Crippen LogP contribution in [0, 0.1) is 11.3 Å². The number of primary amides is 1. The summed E-state index contributed by atoms with van der Waals surface area (Å²) in [5.74, 6) is 0.550. The minimum atomic E-state index is -0.195. The Morgan fingerprint density at radius 2 is 2.30 bits per heavy atom. The van der Waals surface area contributed by atoms with Crippen LogP contribution >= 0.6 is 0 Å². The average molecular weight is 141 g/mol. The normalized spacial score (nSPS) is 40.0. The summed E-state index contributed by atoms with van der Waals surface area (Å²) in [6, 6.07) is 0. The molecule has 2 nitrogen and oxygen atoms in total. The third-order valence-electron chi connectivity index (χ3n) is 2.58. The van der Waals surface area contributed by atoms with Crippen LogP contribution in [0.3, 0.4) is 0 Å². The fraction of sp³-hybridized carbons (Fsp3) is 0.875. The van der Waals surface area contributed by atoms with Crippen molar-refractivity contribution in [3.05, 3.63) is 0 Å². The van der Waals surface area contributed by atoms with Crippen LogP contribution < -0.4 is 5.73 Å². The lowest BCUT2D eigenvalue weighted by Gasteiger charge is -2.18. The second-order valence-electron chi connectivity index (χ2n) is 3.77. The van der Waals surface area contributed by atoms with Gasteiger partial charge in [0, 0.05) is 5.41 Å². The Labute approximate surface area is 61.8 Å². The monoisotopic (exact) mass is 141 g/mol. The number of carbonyl (C=O) groups is 1. The van der Waals surface area contributed by atoms with Gasteiger partial charge in [0.05, 0.1) is 0 Å². The molecule has 0 aromatic carbocycles. The van der Waals surface area contributed by atoms with Crippen LogP contribution in [-0.2, 0) is 4.79 Å². The van der Waals surface area contributed by atoms with E-state index in [9.17, 15) is 4.79 Å². The van der Waals surface area contributed by atoms with E-state index in [-0.39, 0.29) is 11.3 Å². The summed E-state index contributed by atoms with van der Waals surface area (Å²) in [5, 5.41) is 0. The molecule has 2 atom stereocenters. The van der Waals surface area contributed by atoms with E-state index < -0.39 is 0 Å². The van der Waals surface area contributed by atoms with Crippen LogP contribution in [0.1, 0.15) is 33.1 Å². The fourth-order valence-corrected chi connectivity index (χ4v) is 1.76. The van der Waals surface area contributed by atoms with Gasteiger partial charge in [-0.1, -0.05) is 13.8 Å². The highest BCUT2D eigenvalue weighted by molar-refractivity contribution is 5.80. The highest BCUT2D eigenvalue weighted by atomic mass is 16.1. The van der Waals surface area contributed by atoms with Crippen LogP contribution in [0.25, 0.3) is 0 Å². The quantitative estimate of drug-likeness (QED) is 0.587. The van der Waals surface area contributed by atoms with Gasteiger partial charge in [-0.3, -0.25) is 4.79 Å². The van der Waals surface area contributed by atoms with Gasteiger partial charge in [-0.05, 0) is 25.2 Å². The van der Waals surface area contributed by atoms with Gasteiger partial charge in [0.1, 0.15) is 0 Å². The largest absolute Gasteiger partial charge is 0.369 e. The maximum absolute atomic E-state index is 10.9. The number of carbonyl (C=O) groups excluding carboxylic acids is 1. The van der Waals surface area contributed by atoms with E-state index in [1.807, 2.05) is 6.92 Å². The van der Waals surface area contributed by atoms with Gasteiger partial charge < -0.3 is 5.73 Å². The Kier molecular flexibility index (Phi) is 1.71. The molecule has 0 spiro atoms. The number of hydrogen-bond donors (Lipinski definition) is 1. The Morgan fingerprint density at radius 1 is 1.70 bits per heavy atom. The summed E-state index contributed by atoms with van der Waals surface area (Å²) in [6.45, 7) is 4.15. The first kappa shape index (κ1) is 7.58. The van der Waals surface area contributed by atoms with E-state index in [0.717, 1.165) is 19.3 Å². The number of rotatable bonds is 1. The molecule has 0 bridgehead atoms. The average Bonchev–Trinajstić information content (AvgIpc) is 2.13. The molecule has 0 aromatic heterocycles. The molecule has 0 radical (unpaired) electrons. The summed E-state index contributed by atoms with van der Waals surface area (Å²) in [5.41, 5.74) is 5.06. The summed E-state index contributed by atoms with van der Waals surface area (Å²) in [6.07, 6.45) is 3.10. The van der Waals surface area contributed by atoms with Crippen LogP contribution in [-0.4, -0.2) is 5.91 Å². The van der Waals surface area contributed by atoms with Crippen LogP contribution in [0.2, 0.25) is 0 Å². The summed E-state index contributed by atoms with van der Waals surface area (Å²) < 4.78 is 0. The molecule has 1 amide bonds. The molecule has 1 aliphatic rings.